The van der Waals surface area contributed by atoms with Gasteiger partial charge in [-0.05, 0) is 67.5 Å². The Labute approximate surface area is 226 Å². The molecule has 11 heteroatoms. The van der Waals surface area contributed by atoms with Crippen LogP contribution in [0.25, 0.3) is 22.8 Å². The number of aromatic nitrogens is 6. The van der Waals surface area contributed by atoms with Gasteiger partial charge in [0.15, 0.2) is 15.7 Å². The van der Waals surface area contributed by atoms with Crippen molar-refractivity contribution in [3.8, 4) is 22.8 Å². The Morgan fingerprint density at radius 2 is 1.72 bits per heavy atom. The highest BCUT2D eigenvalue weighted by Crippen LogP contribution is 2.49. The number of hydrogen-bond donors (Lipinski definition) is 1. The van der Waals surface area contributed by atoms with Gasteiger partial charge in [0.2, 0.25) is 0 Å². The summed E-state index contributed by atoms with van der Waals surface area (Å²) >= 11 is 0. The standard InChI is InChI=1S/C28H30F2N6O2S/c1-4-17-13-14-28(5-2,26-18(17)15-22(33-35-26)25-19(29)9-7-10-20(25)30)23-12-8-11-21(31-23)27-32-24(34-36-27)16-39(37,38)6-3/h7-12,15,17H,4-6,13-14,16H2,1-3H3,(H,32,34,36)/t17-,28+/m0/s1. The summed E-state index contributed by atoms with van der Waals surface area (Å²) in [7, 11) is -3.27. The lowest BCUT2D eigenvalue weighted by molar-refractivity contribution is 0.353. The quantitative estimate of drug-likeness (QED) is 0.306. The van der Waals surface area contributed by atoms with Crippen molar-refractivity contribution in [1.29, 1.82) is 0 Å². The first-order valence-electron chi connectivity index (χ1n) is 13.1. The Bertz CT molecular complexity index is 1600. The van der Waals surface area contributed by atoms with E-state index in [0.29, 0.717) is 17.9 Å². The zero-order valence-electron chi connectivity index (χ0n) is 22.1. The molecule has 1 aliphatic carbocycles. The summed E-state index contributed by atoms with van der Waals surface area (Å²) in [4.78, 5) is 7.92. The number of benzene rings is 1. The highest BCUT2D eigenvalue weighted by Gasteiger charge is 2.43. The number of nitrogens with one attached hydrogen (secondary N) is 1. The first kappa shape index (κ1) is 27.0. The summed E-state index contributed by atoms with van der Waals surface area (Å²) in [5.41, 5.74) is 2.43. The van der Waals surface area contributed by atoms with Crippen molar-refractivity contribution in [2.24, 2.45) is 0 Å². The number of sulfone groups is 1. The number of rotatable bonds is 8. The Balaban J connectivity index is 1.58. The maximum Gasteiger partial charge on any atom is 0.180 e. The first-order valence-corrected chi connectivity index (χ1v) is 15.0. The number of pyridine rings is 1. The molecule has 0 amide bonds. The van der Waals surface area contributed by atoms with E-state index in [1.54, 1.807) is 19.1 Å². The number of halogens is 2. The van der Waals surface area contributed by atoms with E-state index in [2.05, 4.69) is 39.2 Å². The third-order valence-electron chi connectivity index (χ3n) is 7.76. The van der Waals surface area contributed by atoms with Crippen molar-refractivity contribution in [2.75, 3.05) is 5.75 Å². The van der Waals surface area contributed by atoms with Gasteiger partial charge in [-0.1, -0.05) is 32.9 Å². The van der Waals surface area contributed by atoms with Crippen LogP contribution in [0.1, 0.15) is 75.1 Å². The normalized spacial score (nSPS) is 19.2. The molecule has 5 rings (SSSR count). The second kappa shape index (κ2) is 10.5. The summed E-state index contributed by atoms with van der Waals surface area (Å²) in [5, 5.41) is 17.1. The zero-order chi connectivity index (χ0) is 27.8. The fraction of sp³-hybridized carbons (Fsp3) is 0.393. The van der Waals surface area contributed by atoms with Crippen LogP contribution in [-0.4, -0.2) is 44.5 Å². The van der Waals surface area contributed by atoms with E-state index in [1.807, 2.05) is 12.1 Å². The summed E-state index contributed by atoms with van der Waals surface area (Å²) in [6.07, 6.45) is 3.18. The van der Waals surface area contributed by atoms with Gasteiger partial charge >= 0.3 is 0 Å². The summed E-state index contributed by atoms with van der Waals surface area (Å²) in [6.45, 7) is 5.75. The molecule has 3 aromatic heterocycles. The zero-order valence-corrected chi connectivity index (χ0v) is 22.9. The summed E-state index contributed by atoms with van der Waals surface area (Å²) in [6, 6.07) is 11.2. The monoisotopic (exact) mass is 552 g/mol. The molecule has 0 bridgehead atoms. The fourth-order valence-electron chi connectivity index (χ4n) is 5.47. The average molecular weight is 553 g/mol. The van der Waals surface area contributed by atoms with E-state index in [9.17, 15) is 17.2 Å². The third kappa shape index (κ3) is 4.95. The molecule has 0 unspecified atom stereocenters. The number of nitrogens with zero attached hydrogens (tertiary/aromatic N) is 5. The van der Waals surface area contributed by atoms with Crippen LogP contribution in [0.4, 0.5) is 8.78 Å². The molecule has 4 aromatic rings. The van der Waals surface area contributed by atoms with E-state index in [4.69, 9.17) is 4.98 Å². The Morgan fingerprint density at radius 1 is 0.974 bits per heavy atom. The van der Waals surface area contributed by atoms with Crippen molar-refractivity contribution >= 4 is 9.84 Å². The molecule has 0 radical (unpaired) electrons. The van der Waals surface area contributed by atoms with Crippen LogP contribution in [0.15, 0.2) is 42.5 Å². The third-order valence-corrected chi connectivity index (χ3v) is 9.36. The predicted molar refractivity (Wildman–Crippen MR) is 143 cm³/mol. The maximum absolute atomic E-state index is 14.6. The molecule has 3 heterocycles. The van der Waals surface area contributed by atoms with Crippen LogP contribution in [0.2, 0.25) is 0 Å². The highest BCUT2D eigenvalue weighted by atomic mass is 32.2. The average Bonchev–Trinajstić information content (AvgIpc) is 3.40. The van der Waals surface area contributed by atoms with Gasteiger partial charge < -0.3 is 4.98 Å². The fourth-order valence-corrected chi connectivity index (χ4v) is 6.22. The summed E-state index contributed by atoms with van der Waals surface area (Å²) < 4.78 is 53.2. The maximum atomic E-state index is 14.6. The van der Waals surface area contributed by atoms with Crippen molar-refractivity contribution in [3.05, 3.63) is 76.9 Å². The topological polar surface area (TPSA) is 114 Å². The van der Waals surface area contributed by atoms with Gasteiger partial charge in [-0.2, -0.15) is 5.10 Å². The van der Waals surface area contributed by atoms with Gasteiger partial charge in [-0.15, -0.1) is 15.3 Å². The van der Waals surface area contributed by atoms with Crippen molar-refractivity contribution in [1.82, 2.24) is 30.4 Å². The molecule has 39 heavy (non-hydrogen) atoms. The molecule has 0 spiro atoms. The summed E-state index contributed by atoms with van der Waals surface area (Å²) in [5.74, 6) is -0.754. The second-order valence-corrected chi connectivity index (χ2v) is 12.3. The lowest BCUT2D eigenvalue weighted by atomic mass is 9.65. The first-order chi connectivity index (χ1) is 18.7. The van der Waals surface area contributed by atoms with Crippen LogP contribution < -0.4 is 0 Å². The van der Waals surface area contributed by atoms with E-state index in [1.165, 1.54) is 18.2 Å². The Hall–Kier alpha value is -3.60. The SMILES string of the molecule is CC[C@H]1CC[C@](CC)(c2cccc(-c3nnc(CS(=O)(=O)CC)[nH]3)n2)c2nnc(-c3c(F)cccc3F)cc21. The van der Waals surface area contributed by atoms with Crippen molar-refractivity contribution < 1.29 is 17.2 Å². The van der Waals surface area contributed by atoms with E-state index in [-0.39, 0.29) is 34.5 Å². The predicted octanol–water partition coefficient (Wildman–Crippen LogP) is 5.52. The molecular weight excluding hydrogens is 522 g/mol. The van der Waals surface area contributed by atoms with Gasteiger partial charge in [0.25, 0.3) is 0 Å². The molecule has 0 saturated carbocycles. The molecular formula is C28H30F2N6O2S. The van der Waals surface area contributed by atoms with Crippen LogP contribution in [0.5, 0.6) is 0 Å². The number of fused-ring (bicyclic) bond motifs is 1. The van der Waals surface area contributed by atoms with Crippen molar-refractivity contribution in [3.63, 3.8) is 0 Å². The molecule has 1 N–H and O–H groups in total. The largest absolute Gasteiger partial charge is 0.323 e. The van der Waals surface area contributed by atoms with Gasteiger partial charge in [0.05, 0.1) is 28.1 Å². The van der Waals surface area contributed by atoms with Crippen LogP contribution in [0.3, 0.4) is 0 Å². The van der Waals surface area contributed by atoms with Gasteiger partial charge in [-0.25, -0.2) is 22.2 Å². The van der Waals surface area contributed by atoms with E-state index in [0.717, 1.165) is 36.2 Å². The van der Waals surface area contributed by atoms with Gasteiger partial charge in [0, 0.05) is 5.75 Å². The second-order valence-electron chi connectivity index (χ2n) is 9.91. The number of hydrogen-bond acceptors (Lipinski definition) is 7. The number of H-pyrrole nitrogens is 1. The van der Waals surface area contributed by atoms with Gasteiger partial charge in [-0.3, -0.25) is 0 Å². The van der Waals surface area contributed by atoms with Crippen LogP contribution in [-0.2, 0) is 21.0 Å². The van der Waals surface area contributed by atoms with Crippen molar-refractivity contribution in [2.45, 2.75) is 63.5 Å². The molecule has 0 saturated heterocycles. The minimum Gasteiger partial charge on any atom is -0.323 e. The minimum absolute atomic E-state index is 0.0141. The van der Waals surface area contributed by atoms with Crippen LogP contribution >= 0.6 is 0 Å². The van der Waals surface area contributed by atoms with E-state index >= 15 is 0 Å². The molecule has 0 aliphatic heterocycles. The molecule has 0 fully saturated rings. The van der Waals surface area contributed by atoms with Crippen LogP contribution in [0, 0.1) is 11.6 Å². The smallest absolute Gasteiger partial charge is 0.180 e. The van der Waals surface area contributed by atoms with Gasteiger partial charge in [0.1, 0.15) is 28.9 Å². The molecule has 1 aromatic carbocycles. The van der Waals surface area contributed by atoms with E-state index < -0.39 is 26.9 Å². The number of aromatic amines is 1. The molecule has 8 nitrogen and oxygen atoms in total. The Morgan fingerprint density at radius 3 is 2.41 bits per heavy atom. The molecule has 204 valence electrons. The molecule has 1 aliphatic rings. The Kier molecular flexibility index (Phi) is 7.28. The molecule has 2 atom stereocenters. The highest BCUT2D eigenvalue weighted by molar-refractivity contribution is 7.90. The minimum atomic E-state index is -3.27. The lowest BCUT2D eigenvalue weighted by Gasteiger charge is -2.40. The lowest BCUT2D eigenvalue weighted by Crippen LogP contribution is -2.35.